The Bertz CT molecular complexity index is 398. The topological polar surface area (TPSA) is 20.3 Å². The molecule has 0 heterocycles. The molecule has 0 radical (unpaired) electrons. The Labute approximate surface area is 125 Å². The first-order chi connectivity index (χ1) is 9.58. The average Bonchev–Trinajstić information content (AvgIpc) is 2.49. The maximum Gasteiger partial charge on any atom is 0.222 e. The van der Waals surface area contributed by atoms with Crippen LogP contribution in [-0.4, -0.2) is 24.4 Å². The van der Waals surface area contributed by atoms with Crippen LogP contribution in [0.4, 0.5) is 0 Å². The van der Waals surface area contributed by atoms with Crippen molar-refractivity contribution in [2.24, 2.45) is 0 Å². The predicted octanol–water partition coefficient (Wildman–Crippen LogP) is 4.38. The van der Waals surface area contributed by atoms with Crippen LogP contribution in [0.25, 0.3) is 0 Å². The molecule has 2 heteroatoms. The van der Waals surface area contributed by atoms with Crippen LogP contribution in [0.3, 0.4) is 0 Å². The number of benzene rings is 1. The van der Waals surface area contributed by atoms with E-state index in [-0.39, 0.29) is 5.91 Å². The molecule has 0 aliphatic carbocycles. The Balaban J connectivity index is 0.00000172. The highest BCUT2D eigenvalue weighted by molar-refractivity contribution is 5.75. The molecular weight excluding hydrogens is 246 g/mol. The van der Waals surface area contributed by atoms with Gasteiger partial charge in [0, 0.05) is 20.0 Å². The highest BCUT2D eigenvalue weighted by atomic mass is 16.2. The third-order valence-corrected chi connectivity index (χ3v) is 3.48. The molecule has 0 aliphatic rings. The number of hydrogen-bond donors (Lipinski definition) is 0. The Hall–Kier alpha value is -1.31. The van der Waals surface area contributed by atoms with E-state index in [1.807, 2.05) is 32.7 Å². The maximum absolute atomic E-state index is 11.4. The van der Waals surface area contributed by atoms with Gasteiger partial charge in [0.1, 0.15) is 0 Å². The second-order valence-corrected chi connectivity index (χ2v) is 4.89. The summed E-state index contributed by atoms with van der Waals surface area (Å²) in [5, 5.41) is 0. The lowest BCUT2D eigenvalue weighted by Gasteiger charge is -2.16. The molecule has 20 heavy (non-hydrogen) atoms. The first-order valence-corrected chi connectivity index (χ1v) is 7.90. The summed E-state index contributed by atoms with van der Waals surface area (Å²) in [5.74, 6) is 0.230. The largest absolute Gasteiger partial charge is 0.346 e. The minimum absolute atomic E-state index is 0.230. The number of carbonyl (C=O) groups is 1. The Kier molecular flexibility index (Phi) is 9.79. The van der Waals surface area contributed by atoms with Crippen LogP contribution in [0.15, 0.2) is 18.2 Å². The van der Waals surface area contributed by atoms with Gasteiger partial charge in [0.15, 0.2) is 0 Å². The standard InChI is InChI=1S/C16H25NO.C2H6/c1-5-14-9-10-15(13(3)12-14)8-7-11-17(4)16(18)6-2;1-2/h9-10,12H,5-8,11H2,1-4H3;1-2H3. The monoisotopic (exact) mass is 277 g/mol. The zero-order valence-corrected chi connectivity index (χ0v) is 14.1. The van der Waals surface area contributed by atoms with E-state index >= 15 is 0 Å². The van der Waals surface area contributed by atoms with Crippen LogP contribution < -0.4 is 0 Å². The lowest BCUT2D eigenvalue weighted by molar-refractivity contribution is -0.129. The molecule has 0 N–H and O–H groups in total. The molecule has 0 spiro atoms. The molecule has 0 aliphatic heterocycles. The molecule has 0 unspecified atom stereocenters. The summed E-state index contributed by atoms with van der Waals surface area (Å²) in [6.07, 6.45) is 3.78. The first kappa shape index (κ1) is 18.7. The summed E-state index contributed by atoms with van der Waals surface area (Å²) in [6.45, 7) is 11.1. The highest BCUT2D eigenvalue weighted by Gasteiger charge is 2.06. The molecule has 1 amide bonds. The number of rotatable bonds is 6. The molecule has 0 atom stereocenters. The van der Waals surface area contributed by atoms with Gasteiger partial charge in [-0.25, -0.2) is 0 Å². The van der Waals surface area contributed by atoms with Crippen LogP contribution in [0.5, 0.6) is 0 Å². The van der Waals surface area contributed by atoms with Crippen LogP contribution in [0, 0.1) is 6.92 Å². The third-order valence-electron chi connectivity index (χ3n) is 3.48. The lowest BCUT2D eigenvalue weighted by Crippen LogP contribution is -2.27. The van der Waals surface area contributed by atoms with E-state index in [1.54, 1.807) is 0 Å². The summed E-state index contributed by atoms with van der Waals surface area (Å²) in [7, 11) is 1.89. The van der Waals surface area contributed by atoms with Crippen LogP contribution in [0.2, 0.25) is 0 Å². The minimum atomic E-state index is 0.230. The molecule has 114 valence electrons. The smallest absolute Gasteiger partial charge is 0.222 e. The maximum atomic E-state index is 11.4. The molecule has 1 aromatic rings. The van der Waals surface area contributed by atoms with Crippen molar-refractivity contribution in [2.45, 2.75) is 60.3 Å². The van der Waals surface area contributed by atoms with E-state index < -0.39 is 0 Å². The Morgan fingerprint density at radius 3 is 2.35 bits per heavy atom. The van der Waals surface area contributed by atoms with Gasteiger partial charge >= 0.3 is 0 Å². The van der Waals surface area contributed by atoms with Gasteiger partial charge in [-0.3, -0.25) is 4.79 Å². The summed E-state index contributed by atoms with van der Waals surface area (Å²) in [5.41, 5.74) is 4.18. The molecule has 0 fully saturated rings. The average molecular weight is 277 g/mol. The zero-order chi connectivity index (χ0) is 15.5. The number of carbonyl (C=O) groups excluding carboxylic acids is 1. The van der Waals surface area contributed by atoms with Crippen LogP contribution in [0.1, 0.15) is 57.2 Å². The molecule has 1 rings (SSSR count). The SMILES string of the molecule is CC.CCC(=O)N(C)CCCc1ccc(CC)cc1C. The number of amides is 1. The van der Waals surface area contributed by atoms with E-state index in [1.165, 1.54) is 16.7 Å². The number of aryl methyl sites for hydroxylation is 3. The lowest BCUT2D eigenvalue weighted by atomic mass is 10.00. The van der Waals surface area contributed by atoms with Gasteiger partial charge in [-0.2, -0.15) is 0 Å². The fraction of sp³-hybridized carbons (Fsp3) is 0.611. The van der Waals surface area contributed by atoms with Gasteiger partial charge in [0.2, 0.25) is 5.91 Å². The van der Waals surface area contributed by atoms with E-state index in [0.29, 0.717) is 6.42 Å². The van der Waals surface area contributed by atoms with Gasteiger partial charge in [-0.05, 0) is 42.9 Å². The molecule has 0 saturated carbocycles. The van der Waals surface area contributed by atoms with Crippen molar-refractivity contribution >= 4 is 5.91 Å². The highest BCUT2D eigenvalue weighted by Crippen LogP contribution is 2.13. The molecule has 2 nitrogen and oxygen atoms in total. The second-order valence-electron chi connectivity index (χ2n) is 4.89. The number of nitrogens with zero attached hydrogens (tertiary/aromatic N) is 1. The van der Waals surface area contributed by atoms with Gasteiger partial charge in [0.25, 0.3) is 0 Å². The Morgan fingerprint density at radius 1 is 1.20 bits per heavy atom. The van der Waals surface area contributed by atoms with Crippen molar-refractivity contribution in [1.82, 2.24) is 4.90 Å². The van der Waals surface area contributed by atoms with Crippen LogP contribution >= 0.6 is 0 Å². The zero-order valence-electron chi connectivity index (χ0n) is 14.1. The van der Waals surface area contributed by atoms with Crippen molar-refractivity contribution in [3.63, 3.8) is 0 Å². The summed E-state index contributed by atoms with van der Waals surface area (Å²) >= 11 is 0. The van der Waals surface area contributed by atoms with Gasteiger partial charge in [-0.15, -0.1) is 0 Å². The molecule has 0 saturated heterocycles. The minimum Gasteiger partial charge on any atom is -0.346 e. The van der Waals surface area contributed by atoms with Crippen molar-refractivity contribution in [3.8, 4) is 0 Å². The van der Waals surface area contributed by atoms with Gasteiger partial charge in [-0.1, -0.05) is 45.9 Å². The Morgan fingerprint density at radius 2 is 1.85 bits per heavy atom. The predicted molar refractivity (Wildman–Crippen MR) is 88.2 cm³/mol. The summed E-state index contributed by atoms with van der Waals surface area (Å²) in [6, 6.07) is 6.72. The van der Waals surface area contributed by atoms with Gasteiger partial charge < -0.3 is 4.90 Å². The fourth-order valence-electron chi connectivity index (χ4n) is 2.16. The molecule has 0 aromatic heterocycles. The van der Waals surface area contributed by atoms with E-state index in [2.05, 4.69) is 32.0 Å². The van der Waals surface area contributed by atoms with E-state index in [9.17, 15) is 4.79 Å². The van der Waals surface area contributed by atoms with Gasteiger partial charge in [0.05, 0.1) is 0 Å². The summed E-state index contributed by atoms with van der Waals surface area (Å²) in [4.78, 5) is 13.3. The van der Waals surface area contributed by atoms with E-state index in [4.69, 9.17) is 0 Å². The normalized spacial score (nSPS) is 9.70. The molecule has 0 bridgehead atoms. The van der Waals surface area contributed by atoms with Crippen molar-refractivity contribution < 1.29 is 4.79 Å². The molecular formula is C18H31NO. The third kappa shape index (κ3) is 6.23. The van der Waals surface area contributed by atoms with E-state index in [0.717, 1.165) is 25.8 Å². The van der Waals surface area contributed by atoms with Crippen LogP contribution in [-0.2, 0) is 17.6 Å². The number of hydrogen-bond acceptors (Lipinski definition) is 1. The first-order valence-electron chi connectivity index (χ1n) is 7.90. The quantitative estimate of drug-likeness (QED) is 0.755. The van der Waals surface area contributed by atoms with Crippen molar-refractivity contribution in [3.05, 3.63) is 34.9 Å². The summed E-state index contributed by atoms with van der Waals surface area (Å²) < 4.78 is 0. The fourth-order valence-corrected chi connectivity index (χ4v) is 2.16. The molecule has 1 aromatic carbocycles. The van der Waals surface area contributed by atoms with Crippen molar-refractivity contribution in [1.29, 1.82) is 0 Å². The second kappa shape index (κ2) is 10.5. The van der Waals surface area contributed by atoms with Crippen molar-refractivity contribution in [2.75, 3.05) is 13.6 Å².